The normalized spacial score (nSPS) is 16.6. The summed E-state index contributed by atoms with van der Waals surface area (Å²) < 4.78 is 13.4. The Kier molecular flexibility index (Phi) is 7.76. The maximum absolute atomic E-state index is 11.8. The summed E-state index contributed by atoms with van der Waals surface area (Å²) in [5.41, 5.74) is 12.6. The lowest BCUT2D eigenvalue weighted by atomic mass is 9.80. The zero-order valence-corrected chi connectivity index (χ0v) is 19.7. The molecule has 168 valence electrons. The van der Waals surface area contributed by atoms with Gasteiger partial charge in [0, 0.05) is 18.0 Å². The summed E-state index contributed by atoms with van der Waals surface area (Å²) in [6, 6.07) is 4.57. The van der Waals surface area contributed by atoms with Gasteiger partial charge in [-0.3, -0.25) is 0 Å². The van der Waals surface area contributed by atoms with Crippen molar-refractivity contribution in [2.45, 2.75) is 29.7 Å². The lowest BCUT2D eigenvalue weighted by Crippen LogP contribution is -2.42. The number of halogens is 1. The zero-order chi connectivity index (χ0) is 22.6. The largest absolute Gasteiger partial charge is 0.593 e. The van der Waals surface area contributed by atoms with E-state index in [0.717, 1.165) is 31.7 Å². The molecule has 2 amide bonds. The van der Waals surface area contributed by atoms with Gasteiger partial charge in [-0.05, 0) is 36.9 Å². The van der Waals surface area contributed by atoms with Crippen molar-refractivity contribution in [2.24, 2.45) is 11.1 Å². The average molecular weight is 484 g/mol. The van der Waals surface area contributed by atoms with Gasteiger partial charge >= 0.3 is 6.03 Å². The number of nitrogens with two attached hydrogens (primary N) is 2. The highest BCUT2D eigenvalue weighted by atomic mass is 35.5. The minimum absolute atomic E-state index is 0.171. The van der Waals surface area contributed by atoms with Gasteiger partial charge in [0.05, 0.1) is 28.3 Å². The third-order valence-corrected chi connectivity index (χ3v) is 7.25. The van der Waals surface area contributed by atoms with Crippen LogP contribution in [0.1, 0.15) is 19.8 Å². The van der Waals surface area contributed by atoms with E-state index in [1.165, 1.54) is 18.0 Å². The van der Waals surface area contributed by atoms with E-state index in [9.17, 15) is 9.35 Å². The van der Waals surface area contributed by atoms with Crippen molar-refractivity contribution < 1.29 is 9.35 Å². The van der Waals surface area contributed by atoms with Crippen LogP contribution < -0.4 is 26.4 Å². The molecular weight excluding hydrogens is 458 g/mol. The number of benzene rings is 1. The van der Waals surface area contributed by atoms with Crippen LogP contribution in [0.15, 0.2) is 34.3 Å². The van der Waals surface area contributed by atoms with Crippen LogP contribution in [-0.4, -0.2) is 46.4 Å². The second-order valence-electron chi connectivity index (χ2n) is 7.65. The molecule has 3 rings (SSSR count). The van der Waals surface area contributed by atoms with E-state index in [-0.39, 0.29) is 5.41 Å². The number of amides is 2. The second-order valence-corrected chi connectivity index (χ2v) is 10.2. The van der Waals surface area contributed by atoms with Crippen molar-refractivity contribution in [3.05, 3.63) is 29.4 Å². The first-order valence-electron chi connectivity index (χ1n) is 9.66. The van der Waals surface area contributed by atoms with Gasteiger partial charge in [0.1, 0.15) is 17.1 Å². The quantitative estimate of drug-likeness (QED) is 0.459. The Morgan fingerprint density at radius 3 is 2.74 bits per heavy atom. The molecular formula is C19H26ClN7O2S2. The lowest BCUT2D eigenvalue weighted by Gasteiger charge is -2.39. The van der Waals surface area contributed by atoms with Crippen LogP contribution in [0.5, 0.6) is 0 Å². The van der Waals surface area contributed by atoms with E-state index in [4.69, 9.17) is 23.1 Å². The highest BCUT2D eigenvalue weighted by molar-refractivity contribution is 7.99. The van der Waals surface area contributed by atoms with Crippen molar-refractivity contribution >= 4 is 58.1 Å². The third kappa shape index (κ3) is 6.07. The molecule has 6 N–H and O–H groups in total. The van der Waals surface area contributed by atoms with Gasteiger partial charge in [-0.1, -0.05) is 36.4 Å². The first-order valence-corrected chi connectivity index (χ1v) is 12.4. The van der Waals surface area contributed by atoms with Crippen LogP contribution in [0.4, 0.5) is 22.1 Å². The topological polar surface area (TPSA) is 145 Å². The molecule has 1 aromatic carbocycles. The number of urea groups is 1. The van der Waals surface area contributed by atoms with Crippen molar-refractivity contribution in [3.63, 3.8) is 0 Å². The molecule has 0 bridgehead atoms. The molecule has 31 heavy (non-hydrogen) atoms. The Labute approximate surface area is 194 Å². The summed E-state index contributed by atoms with van der Waals surface area (Å²) in [6.45, 7) is 4.61. The molecule has 1 aliphatic heterocycles. The number of nitrogens with zero attached hydrogens (tertiary/aromatic N) is 3. The first-order chi connectivity index (χ1) is 14.7. The zero-order valence-electron chi connectivity index (χ0n) is 17.4. The maximum atomic E-state index is 11.8. The van der Waals surface area contributed by atoms with Crippen LogP contribution >= 0.6 is 23.4 Å². The molecule has 9 nitrogen and oxygen atoms in total. The van der Waals surface area contributed by atoms with E-state index in [1.807, 2.05) is 0 Å². The van der Waals surface area contributed by atoms with E-state index in [1.54, 1.807) is 24.4 Å². The molecule has 2 aromatic rings. The summed E-state index contributed by atoms with van der Waals surface area (Å²) in [7, 11) is 0. The Balaban J connectivity index is 1.71. The van der Waals surface area contributed by atoms with Crippen LogP contribution in [-0.2, 0) is 11.4 Å². The molecule has 0 spiro atoms. The standard InChI is InChI=1S/C19H26ClN7O2S2/c1-19(11-21)6-8-27(9-7-19)14-10-23-17(16(22)25-14)30-13-5-3-4-12(15(13)20)24-18(28)26-31(2)29/h3-5,10H,6-9,11,21H2,1-2H3,(H2,22,25)(H2,24,26,28). The van der Waals surface area contributed by atoms with Gasteiger partial charge < -0.3 is 26.2 Å². The predicted molar refractivity (Wildman–Crippen MR) is 127 cm³/mol. The number of carbonyl (C=O) groups is 1. The number of hydrogen-bond donors (Lipinski definition) is 4. The van der Waals surface area contributed by atoms with E-state index >= 15 is 0 Å². The maximum Gasteiger partial charge on any atom is 0.360 e. The fourth-order valence-corrected chi connectivity index (χ4v) is 4.57. The monoisotopic (exact) mass is 483 g/mol. The molecule has 2 heterocycles. The van der Waals surface area contributed by atoms with Crippen molar-refractivity contribution in [2.75, 3.05) is 41.8 Å². The summed E-state index contributed by atoms with van der Waals surface area (Å²) in [5, 5.41) is 3.42. The van der Waals surface area contributed by atoms with Gasteiger partial charge in [-0.25, -0.2) is 14.8 Å². The molecule has 0 saturated carbocycles. The molecule has 1 aliphatic rings. The Morgan fingerprint density at radius 1 is 1.42 bits per heavy atom. The van der Waals surface area contributed by atoms with Crippen LogP contribution in [0.25, 0.3) is 0 Å². The number of rotatable bonds is 6. The minimum Gasteiger partial charge on any atom is -0.593 e. The van der Waals surface area contributed by atoms with Crippen molar-refractivity contribution in [1.29, 1.82) is 0 Å². The number of nitrogens with one attached hydrogen (secondary N) is 2. The van der Waals surface area contributed by atoms with Gasteiger partial charge in [0.2, 0.25) is 0 Å². The molecule has 12 heteroatoms. The number of piperidine rings is 1. The summed E-state index contributed by atoms with van der Waals surface area (Å²) in [5.74, 6) is 1.05. The van der Waals surface area contributed by atoms with Crippen molar-refractivity contribution in [1.82, 2.24) is 14.7 Å². The Morgan fingerprint density at radius 2 is 2.13 bits per heavy atom. The fraction of sp³-hybridized carbons (Fsp3) is 0.421. The van der Waals surface area contributed by atoms with E-state index in [2.05, 4.69) is 31.8 Å². The highest BCUT2D eigenvalue weighted by Gasteiger charge is 2.29. The Hall–Kier alpha value is -1.92. The van der Waals surface area contributed by atoms with Gasteiger partial charge in [0.25, 0.3) is 0 Å². The number of hydrogen-bond acceptors (Lipinski definition) is 8. The number of anilines is 3. The first kappa shape index (κ1) is 23.7. The Bertz CT molecular complexity index is 939. The molecule has 1 unspecified atom stereocenters. The highest BCUT2D eigenvalue weighted by Crippen LogP contribution is 2.39. The molecule has 1 aromatic heterocycles. The molecule has 1 fully saturated rings. The SMILES string of the molecule is C[S+]([O-])NC(=O)Nc1cccc(Sc2ncc(N3CCC(C)(CN)CC3)nc2N)c1Cl. The van der Waals surface area contributed by atoms with E-state index in [0.29, 0.717) is 33.0 Å². The van der Waals surface area contributed by atoms with Crippen LogP contribution in [0.2, 0.25) is 5.02 Å². The summed E-state index contributed by atoms with van der Waals surface area (Å²) in [4.78, 5) is 23.7. The molecule has 1 atom stereocenters. The number of aromatic nitrogens is 2. The molecule has 1 saturated heterocycles. The summed E-state index contributed by atoms with van der Waals surface area (Å²) in [6.07, 6.45) is 5.06. The molecule has 0 radical (unpaired) electrons. The lowest BCUT2D eigenvalue weighted by molar-refractivity contribution is 0.256. The van der Waals surface area contributed by atoms with Crippen molar-refractivity contribution in [3.8, 4) is 0 Å². The number of carbonyl (C=O) groups excluding carboxylic acids is 1. The second kappa shape index (κ2) is 10.1. The number of nitrogen functional groups attached to an aromatic ring is 1. The van der Waals surface area contributed by atoms with Crippen LogP contribution in [0, 0.1) is 5.41 Å². The van der Waals surface area contributed by atoms with Gasteiger partial charge in [-0.15, -0.1) is 0 Å². The van der Waals surface area contributed by atoms with Gasteiger partial charge in [0.15, 0.2) is 5.82 Å². The fourth-order valence-electron chi connectivity index (χ4n) is 3.16. The van der Waals surface area contributed by atoms with Gasteiger partial charge in [-0.2, -0.15) is 4.72 Å². The minimum atomic E-state index is -1.48. The smallest absolute Gasteiger partial charge is 0.360 e. The average Bonchev–Trinajstić information content (AvgIpc) is 2.72. The van der Waals surface area contributed by atoms with Crippen LogP contribution in [0.3, 0.4) is 0 Å². The summed E-state index contributed by atoms with van der Waals surface area (Å²) >= 11 is 6.22. The van der Waals surface area contributed by atoms with E-state index < -0.39 is 17.4 Å². The predicted octanol–water partition coefficient (Wildman–Crippen LogP) is 2.84. The molecule has 0 aliphatic carbocycles. The third-order valence-electron chi connectivity index (χ3n) is 5.19.